The number of hydrogen-bond acceptors (Lipinski definition) is 1. The van der Waals surface area contributed by atoms with Crippen molar-refractivity contribution in [2.24, 2.45) is 5.92 Å². The second kappa shape index (κ2) is 6.83. The summed E-state index contributed by atoms with van der Waals surface area (Å²) in [4.78, 5) is 0. The molecule has 0 heterocycles. The molecule has 102 valence electrons. The third-order valence-corrected chi connectivity index (χ3v) is 3.16. The van der Waals surface area contributed by atoms with Gasteiger partial charge in [0.15, 0.2) is 11.6 Å². The first-order chi connectivity index (χ1) is 8.40. The molecule has 0 aliphatic carbocycles. The molecule has 1 rings (SSSR count). The maximum absolute atomic E-state index is 13.1. The Labute approximate surface area is 109 Å². The molecule has 0 amide bonds. The van der Waals surface area contributed by atoms with E-state index in [1.165, 1.54) is 18.6 Å². The van der Waals surface area contributed by atoms with E-state index >= 15 is 0 Å². The van der Waals surface area contributed by atoms with E-state index in [4.69, 9.17) is 0 Å². The lowest BCUT2D eigenvalue weighted by Crippen LogP contribution is -2.29. The summed E-state index contributed by atoms with van der Waals surface area (Å²) in [5.41, 5.74) is 0.783. The Morgan fingerprint density at radius 3 is 2.22 bits per heavy atom. The van der Waals surface area contributed by atoms with Gasteiger partial charge in [0.25, 0.3) is 0 Å². The van der Waals surface area contributed by atoms with Crippen LogP contribution in [0.15, 0.2) is 18.2 Å². The quantitative estimate of drug-likeness (QED) is 0.792. The maximum atomic E-state index is 13.1. The van der Waals surface area contributed by atoms with Crippen LogP contribution in [0.25, 0.3) is 0 Å². The number of benzene rings is 1. The van der Waals surface area contributed by atoms with E-state index in [1.807, 2.05) is 6.92 Å². The van der Waals surface area contributed by atoms with E-state index in [2.05, 4.69) is 26.1 Å². The van der Waals surface area contributed by atoms with Crippen LogP contribution in [-0.2, 0) is 0 Å². The molecule has 1 nitrogen and oxygen atoms in total. The topological polar surface area (TPSA) is 12.0 Å². The van der Waals surface area contributed by atoms with Crippen LogP contribution in [0.1, 0.15) is 52.1 Å². The van der Waals surface area contributed by atoms with Crippen molar-refractivity contribution >= 4 is 0 Å². The SMILES string of the molecule is CC(C)CCC(C)NC(C)c1ccc(F)c(F)c1. The van der Waals surface area contributed by atoms with Crippen LogP contribution in [0.4, 0.5) is 8.78 Å². The number of rotatable bonds is 6. The predicted octanol–water partition coefficient (Wildman–Crippen LogP) is 4.44. The molecule has 0 fully saturated rings. The van der Waals surface area contributed by atoms with Crippen molar-refractivity contribution in [3.05, 3.63) is 35.4 Å². The lowest BCUT2D eigenvalue weighted by atomic mass is 10.0. The molecular weight excluding hydrogens is 232 g/mol. The molecule has 1 aromatic rings. The third kappa shape index (κ3) is 4.73. The summed E-state index contributed by atoms with van der Waals surface area (Å²) in [6.07, 6.45) is 2.25. The molecule has 3 heteroatoms. The summed E-state index contributed by atoms with van der Waals surface area (Å²) in [7, 11) is 0. The second-order valence-electron chi connectivity index (χ2n) is 5.43. The summed E-state index contributed by atoms with van der Waals surface area (Å²) >= 11 is 0. The Bertz CT molecular complexity index is 377. The molecule has 0 saturated carbocycles. The zero-order chi connectivity index (χ0) is 13.7. The van der Waals surface area contributed by atoms with Gasteiger partial charge in [0, 0.05) is 12.1 Å². The van der Waals surface area contributed by atoms with Crippen LogP contribution in [-0.4, -0.2) is 6.04 Å². The van der Waals surface area contributed by atoms with Gasteiger partial charge in [-0.15, -0.1) is 0 Å². The monoisotopic (exact) mass is 255 g/mol. The highest BCUT2D eigenvalue weighted by Crippen LogP contribution is 2.17. The standard InChI is InChI=1S/C15H23F2N/c1-10(2)5-6-11(3)18-12(4)13-7-8-14(16)15(17)9-13/h7-12,18H,5-6H2,1-4H3. The summed E-state index contributed by atoms with van der Waals surface area (Å²) in [6.45, 7) is 8.49. The van der Waals surface area contributed by atoms with Crippen molar-refractivity contribution < 1.29 is 8.78 Å². The van der Waals surface area contributed by atoms with E-state index in [9.17, 15) is 8.78 Å². The lowest BCUT2D eigenvalue weighted by molar-refractivity contribution is 0.415. The highest BCUT2D eigenvalue weighted by Gasteiger charge is 2.12. The van der Waals surface area contributed by atoms with E-state index in [0.29, 0.717) is 12.0 Å². The average molecular weight is 255 g/mol. The van der Waals surface area contributed by atoms with Gasteiger partial charge in [-0.25, -0.2) is 8.78 Å². The van der Waals surface area contributed by atoms with E-state index < -0.39 is 11.6 Å². The minimum absolute atomic E-state index is 0.0299. The largest absolute Gasteiger partial charge is 0.308 e. The van der Waals surface area contributed by atoms with Crippen LogP contribution < -0.4 is 5.32 Å². The second-order valence-corrected chi connectivity index (χ2v) is 5.43. The highest BCUT2D eigenvalue weighted by atomic mass is 19.2. The fourth-order valence-corrected chi connectivity index (χ4v) is 1.97. The normalized spacial score (nSPS) is 14.8. The first-order valence-electron chi connectivity index (χ1n) is 6.61. The molecule has 0 bridgehead atoms. The van der Waals surface area contributed by atoms with Crippen molar-refractivity contribution in [1.29, 1.82) is 0 Å². The van der Waals surface area contributed by atoms with E-state index in [0.717, 1.165) is 12.0 Å². The zero-order valence-corrected chi connectivity index (χ0v) is 11.6. The van der Waals surface area contributed by atoms with Gasteiger partial charge in [0.05, 0.1) is 0 Å². The average Bonchev–Trinajstić information content (AvgIpc) is 2.30. The maximum Gasteiger partial charge on any atom is 0.159 e. The van der Waals surface area contributed by atoms with E-state index in [1.54, 1.807) is 6.07 Å². The van der Waals surface area contributed by atoms with Gasteiger partial charge in [0.1, 0.15) is 0 Å². The molecule has 0 radical (unpaired) electrons. The number of hydrogen-bond donors (Lipinski definition) is 1. The predicted molar refractivity (Wildman–Crippen MR) is 71.4 cm³/mol. The van der Waals surface area contributed by atoms with Gasteiger partial charge in [-0.05, 0) is 50.3 Å². The number of nitrogens with one attached hydrogen (secondary N) is 1. The van der Waals surface area contributed by atoms with Gasteiger partial charge in [-0.2, -0.15) is 0 Å². The fraction of sp³-hybridized carbons (Fsp3) is 0.600. The highest BCUT2D eigenvalue weighted by molar-refractivity contribution is 5.20. The third-order valence-electron chi connectivity index (χ3n) is 3.16. The molecule has 0 aliphatic rings. The minimum atomic E-state index is -0.793. The zero-order valence-electron chi connectivity index (χ0n) is 11.6. The van der Waals surface area contributed by atoms with Crippen LogP contribution in [0.2, 0.25) is 0 Å². The molecule has 0 aliphatic heterocycles. The van der Waals surface area contributed by atoms with Crippen molar-refractivity contribution in [1.82, 2.24) is 5.32 Å². The first-order valence-corrected chi connectivity index (χ1v) is 6.61. The van der Waals surface area contributed by atoms with Crippen LogP contribution in [0.3, 0.4) is 0 Å². The fourth-order valence-electron chi connectivity index (χ4n) is 1.97. The van der Waals surface area contributed by atoms with Crippen molar-refractivity contribution in [2.75, 3.05) is 0 Å². The smallest absolute Gasteiger partial charge is 0.159 e. The Kier molecular flexibility index (Phi) is 5.73. The Morgan fingerprint density at radius 2 is 1.67 bits per heavy atom. The van der Waals surface area contributed by atoms with Gasteiger partial charge < -0.3 is 5.32 Å². The minimum Gasteiger partial charge on any atom is -0.308 e. The van der Waals surface area contributed by atoms with Gasteiger partial charge >= 0.3 is 0 Å². The molecular formula is C15H23F2N. The summed E-state index contributed by atoms with van der Waals surface area (Å²) < 4.78 is 26.0. The molecule has 2 atom stereocenters. The lowest BCUT2D eigenvalue weighted by Gasteiger charge is -2.21. The van der Waals surface area contributed by atoms with Gasteiger partial charge in [0.2, 0.25) is 0 Å². The summed E-state index contributed by atoms with van der Waals surface area (Å²) in [6, 6.07) is 4.48. The molecule has 1 N–H and O–H groups in total. The molecule has 2 unspecified atom stereocenters. The van der Waals surface area contributed by atoms with E-state index in [-0.39, 0.29) is 6.04 Å². The van der Waals surface area contributed by atoms with Crippen LogP contribution in [0.5, 0.6) is 0 Å². The number of halogens is 2. The Balaban J connectivity index is 2.53. The van der Waals surface area contributed by atoms with Crippen LogP contribution in [0, 0.1) is 17.6 Å². The first kappa shape index (κ1) is 15.1. The molecule has 18 heavy (non-hydrogen) atoms. The molecule has 1 aromatic carbocycles. The molecule has 0 saturated heterocycles. The molecule has 0 spiro atoms. The van der Waals surface area contributed by atoms with Crippen molar-refractivity contribution in [3.63, 3.8) is 0 Å². The Morgan fingerprint density at radius 1 is 1.00 bits per heavy atom. The summed E-state index contributed by atoms with van der Waals surface area (Å²) in [5, 5.41) is 3.41. The Hall–Kier alpha value is -0.960. The van der Waals surface area contributed by atoms with Crippen LogP contribution >= 0.6 is 0 Å². The molecule has 0 aromatic heterocycles. The van der Waals surface area contributed by atoms with Crippen molar-refractivity contribution in [3.8, 4) is 0 Å². The van der Waals surface area contributed by atoms with Crippen molar-refractivity contribution in [2.45, 2.75) is 52.6 Å². The van der Waals surface area contributed by atoms with Gasteiger partial charge in [-0.3, -0.25) is 0 Å². The van der Waals surface area contributed by atoms with Gasteiger partial charge in [-0.1, -0.05) is 19.9 Å². The summed E-state index contributed by atoms with van der Waals surface area (Å²) in [5.74, 6) is -0.886.